The Hall–Kier alpha value is -3.28. The van der Waals surface area contributed by atoms with Crippen molar-refractivity contribution in [2.75, 3.05) is 10.0 Å². The first-order valence-electron chi connectivity index (χ1n) is 7.83. The third-order valence-corrected chi connectivity index (χ3v) is 5.21. The van der Waals surface area contributed by atoms with Crippen LogP contribution in [0.15, 0.2) is 33.7 Å². The molecule has 0 aliphatic heterocycles. The first-order valence-corrected chi connectivity index (χ1v) is 9.31. The van der Waals surface area contributed by atoms with E-state index in [0.29, 0.717) is 22.8 Å². The minimum Gasteiger partial charge on any atom is -0.337 e. The Labute approximate surface area is 154 Å². The van der Waals surface area contributed by atoms with Gasteiger partial charge in [0, 0.05) is 18.3 Å². The summed E-state index contributed by atoms with van der Waals surface area (Å²) in [6, 6.07) is 5.72. The van der Waals surface area contributed by atoms with E-state index in [9.17, 15) is 13.2 Å². The molecule has 0 bridgehead atoms. The van der Waals surface area contributed by atoms with E-state index < -0.39 is 10.0 Å². The Morgan fingerprint density at radius 3 is 2.48 bits per heavy atom. The standard InChI is InChI=1S/C15H17N7O4S/c1-9-10(2)18-26-15(9)19-27(24,25)12-6-4-11(5-7-12)16-14(23)8-13-17-20-21-22(13)3/h4-7,19H,8H2,1-3H3,(H,16,23). The zero-order chi connectivity index (χ0) is 19.6. The van der Waals surface area contributed by atoms with Crippen molar-refractivity contribution in [2.45, 2.75) is 25.2 Å². The van der Waals surface area contributed by atoms with Crippen molar-refractivity contribution < 1.29 is 17.7 Å². The van der Waals surface area contributed by atoms with Gasteiger partial charge >= 0.3 is 0 Å². The van der Waals surface area contributed by atoms with Crippen LogP contribution in [0.2, 0.25) is 0 Å². The smallest absolute Gasteiger partial charge is 0.264 e. The van der Waals surface area contributed by atoms with Crippen LogP contribution in [0.5, 0.6) is 0 Å². The number of tetrazole rings is 1. The number of aromatic nitrogens is 5. The van der Waals surface area contributed by atoms with Gasteiger partial charge in [-0.05, 0) is 48.5 Å². The summed E-state index contributed by atoms with van der Waals surface area (Å²) in [4.78, 5) is 12.0. The van der Waals surface area contributed by atoms with E-state index in [2.05, 4.69) is 30.7 Å². The molecule has 0 atom stereocenters. The third kappa shape index (κ3) is 4.11. The maximum atomic E-state index is 12.4. The SMILES string of the molecule is Cc1noc(NS(=O)(=O)c2ccc(NC(=O)Cc3nnnn3C)cc2)c1C. The Morgan fingerprint density at radius 1 is 1.22 bits per heavy atom. The molecule has 3 rings (SSSR count). The van der Waals surface area contributed by atoms with Gasteiger partial charge < -0.3 is 9.84 Å². The number of carbonyl (C=O) groups excluding carboxylic acids is 1. The van der Waals surface area contributed by atoms with E-state index in [1.165, 1.54) is 28.9 Å². The van der Waals surface area contributed by atoms with Crippen molar-refractivity contribution in [1.29, 1.82) is 0 Å². The van der Waals surface area contributed by atoms with Crippen LogP contribution in [0, 0.1) is 13.8 Å². The molecular weight excluding hydrogens is 374 g/mol. The zero-order valence-electron chi connectivity index (χ0n) is 14.8. The van der Waals surface area contributed by atoms with Crippen LogP contribution in [0.3, 0.4) is 0 Å². The minimum atomic E-state index is -3.84. The van der Waals surface area contributed by atoms with Crippen LogP contribution >= 0.6 is 0 Å². The van der Waals surface area contributed by atoms with Crippen LogP contribution in [0.25, 0.3) is 0 Å². The van der Waals surface area contributed by atoms with Crippen molar-refractivity contribution in [2.24, 2.45) is 7.05 Å². The van der Waals surface area contributed by atoms with Crippen LogP contribution in [0.4, 0.5) is 11.6 Å². The Kier molecular flexibility index (Phi) is 4.90. The summed E-state index contributed by atoms with van der Waals surface area (Å²) in [6.45, 7) is 3.42. The summed E-state index contributed by atoms with van der Waals surface area (Å²) >= 11 is 0. The average molecular weight is 391 g/mol. The number of rotatable bonds is 6. The molecule has 11 nitrogen and oxygen atoms in total. The number of aryl methyl sites for hydroxylation is 2. The maximum Gasteiger partial charge on any atom is 0.264 e. The van der Waals surface area contributed by atoms with Crippen LogP contribution in [0.1, 0.15) is 17.1 Å². The number of nitrogens with zero attached hydrogens (tertiary/aromatic N) is 5. The largest absolute Gasteiger partial charge is 0.337 e. The van der Waals surface area contributed by atoms with Gasteiger partial charge in [0.25, 0.3) is 10.0 Å². The highest BCUT2D eigenvalue weighted by atomic mass is 32.2. The van der Waals surface area contributed by atoms with E-state index in [4.69, 9.17) is 4.52 Å². The second-order valence-corrected chi connectivity index (χ2v) is 7.48. The number of amides is 1. The molecule has 12 heteroatoms. The highest BCUT2D eigenvalue weighted by molar-refractivity contribution is 7.92. The fourth-order valence-electron chi connectivity index (χ4n) is 2.16. The molecule has 0 unspecified atom stereocenters. The first-order chi connectivity index (χ1) is 12.8. The molecular formula is C15H17N7O4S. The van der Waals surface area contributed by atoms with E-state index in [0.717, 1.165) is 0 Å². The zero-order valence-corrected chi connectivity index (χ0v) is 15.6. The number of carbonyl (C=O) groups is 1. The lowest BCUT2D eigenvalue weighted by Crippen LogP contribution is -2.17. The van der Waals surface area contributed by atoms with Gasteiger partial charge in [0.05, 0.1) is 17.0 Å². The molecule has 0 saturated heterocycles. The fourth-order valence-corrected chi connectivity index (χ4v) is 3.20. The quantitative estimate of drug-likeness (QED) is 0.627. The van der Waals surface area contributed by atoms with Crippen molar-refractivity contribution in [3.63, 3.8) is 0 Å². The van der Waals surface area contributed by atoms with Gasteiger partial charge in [0.15, 0.2) is 5.82 Å². The topological polar surface area (TPSA) is 145 Å². The summed E-state index contributed by atoms with van der Waals surface area (Å²) in [5, 5.41) is 17.2. The van der Waals surface area contributed by atoms with Gasteiger partial charge in [0.2, 0.25) is 11.8 Å². The minimum absolute atomic E-state index is 0.00474. The molecule has 2 heterocycles. The lowest BCUT2D eigenvalue weighted by Gasteiger charge is -2.08. The second-order valence-electron chi connectivity index (χ2n) is 5.80. The molecule has 142 valence electrons. The monoisotopic (exact) mass is 391 g/mol. The van der Waals surface area contributed by atoms with Gasteiger partial charge in [0.1, 0.15) is 0 Å². The van der Waals surface area contributed by atoms with E-state index in [1.807, 2.05) is 0 Å². The summed E-state index contributed by atoms with van der Waals surface area (Å²) in [7, 11) is -2.21. The number of anilines is 2. The fraction of sp³-hybridized carbons (Fsp3) is 0.267. The summed E-state index contributed by atoms with van der Waals surface area (Å²) in [5.74, 6) is 0.158. The highest BCUT2D eigenvalue weighted by Crippen LogP contribution is 2.22. The predicted molar refractivity (Wildman–Crippen MR) is 94.4 cm³/mol. The van der Waals surface area contributed by atoms with Gasteiger partial charge in [-0.25, -0.2) is 17.8 Å². The summed E-state index contributed by atoms with van der Waals surface area (Å²) in [5.41, 5.74) is 1.66. The molecule has 27 heavy (non-hydrogen) atoms. The van der Waals surface area contributed by atoms with Crippen LogP contribution in [-0.4, -0.2) is 39.7 Å². The predicted octanol–water partition coefficient (Wildman–Crippen LogP) is 0.797. The molecule has 0 aliphatic rings. The van der Waals surface area contributed by atoms with Crippen molar-refractivity contribution in [3.8, 4) is 0 Å². The number of hydrogen-bond donors (Lipinski definition) is 2. The number of nitrogens with one attached hydrogen (secondary N) is 2. The van der Waals surface area contributed by atoms with E-state index >= 15 is 0 Å². The molecule has 0 fully saturated rings. The lowest BCUT2D eigenvalue weighted by molar-refractivity contribution is -0.115. The van der Waals surface area contributed by atoms with Crippen molar-refractivity contribution in [3.05, 3.63) is 41.3 Å². The maximum absolute atomic E-state index is 12.4. The van der Waals surface area contributed by atoms with Crippen LogP contribution < -0.4 is 10.0 Å². The first kappa shape index (κ1) is 18.5. The number of sulfonamides is 1. The van der Waals surface area contributed by atoms with Gasteiger partial charge in [-0.1, -0.05) is 5.16 Å². The molecule has 1 amide bonds. The third-order valence-electron chi connectivity index (χ3n) is 3.86. The highest BCUT2D eigenvalue weighted by Gasteiger charge is 2.19. The summed E-state index contributed by atoms with van der Waals surface area (Å²) in [6.07, 6.45) is -0.00474. The summed E-state index contributed by atoms with van der Waals surface area (Å²) < 4.78 is 33.6. The molecule has 0 aliphatic carbocycles. The number of benzene rings is 1. The van der Waals surface area contributed by atoms with E-state index in [-0.39, 0.29) is 23.1 Å². The number of hydrogen-bond acceptors (Lipinski definition) is 8. The lowest BCUT2D eigenvalue weighted by atomic mass is 10.3. The van der Waals surface area contributed by atoms with E-state index in [1.54, 1.807) is 20.9 Å². The van der Waals surface area contributed by atoms with Gasteiger partial charge in [-0.2, -0.15) is 0 Å². The Morgan fingerprint density at radius 2 is 1.93 bits per heavy atom. The van der Waals surface area contributed by atoms with Crippen molar-refractivity contribution in [1.82, 2.24) is 25.4 Å². The molecule has 2 N–H and O–H groups in total. The molecule has 0 saturated carbocycles. The Bertz CT molecular complexity index is 1070. The molecule has 3 aromatic rings. The van der Waals surface area contributed by atoms with Gasteiger partial charge in [-0.15, -0.1) is 5.10 Å². The van der Waals surface area contributed by atoms with Crippen molar-refractivity contribution >= 4 is 27.5 Å². The normalized spacial score (nSPS) is 11.4. The Balaban J connectivity index is 1.68. The van der Waals surface area contributed by atoms with Gasteiger partial charge in [-0.3, -0.25) is 4.79 Å². The molecule has 0 spiro atoms. The molecule has 1 aromatic carbocycles. The van der Waals surface area contributed by atoms with Crippen LogP contribution in [-0.2, 0) is 28.3 Å². The second kappa shape index (κ2) is 7.15. The average Bonchev–Trinajstić information content (AvgIpc) is 3.15. The molecule has 2 aromatic heterocycles. The molecule has 0 radical (unpaired) electrons.